The number of rotatable bonds is 5. The van der Waals surface area contributed by atoms with Crippen molar-refractivity contribution in [3.05, 3.63) is 45.1 Å². The highest BCUT2D eigenvalue weighted by Gasteiger charge is 2.29. The molecule has 0 saturated heterocycles. The Morgan fingerprint density at radius 1 is 1.11 bits per heavy atom. The molecule has 7 nitrogen and oxygen atoms in total. The van der Waals surface area contributed by atoms with Crippen molar-refractivity contribution in [3.8, 4) is 0 Å². The van der Waals surface area contributed by atoms with E-state index in [1.807, 2.05) is 25.1 Å². The molecular weight excluding hydrogens is 380 g/mol. The van der Waals surface area contributed by atoms with E-state index in [0.29, 0.717) is 17.0 Å². The summed E-state index contributed by atoms with van der Waals surface area (Å²) in [5.74, 6) is 0.690. The van der Waals surface area contributed by atoms with Crippen LogP contribution in [0.1, 0.15) is 58.2 Å². The summed E-state index contributed by atoms with van der Waals surface area (Å²) in [4.78, 5) is 16.4. The van der Waals surface area contributed by atoms with Crippen molar-refractivity contribution in [2.75, 3.05) is 5.32 Å². The van der Waals surface area contributed by atoms with Gasteiger partial charge in [0.05, 0.1) is 6.42 Å². The summed E-state index contributed by atoms with van der Waals surface area (Å²) in [6.07, 6.45) is 6.34. The van der Waals surface area contributed by atoms with Crippen molar-refractivity contribution in [1.29, 1.82) is 0 Å². The maximum atomic E-state index is 12.2. The minimum atomic E-state index is -0.123. The quantitative estimate of drug-likeness (QED) is 0.702. The molecule has 1 aliphatic rings. The zero-order valence-corrected chi connectivity index (χ0v) is 16.6. The Hall–Kier alpha value is -2.26. The minimum absolute atomic E-state index is 0.123. The van der Waals surface area contributed by atoms with E-state index in [1.54, 1.807) is 17.5 Å². The highest BCUT2D eigenvalue weighted by Crippen LogP contribution is 2.43. The maximum absolute atomic E-state index is 12.2. The van der Waals surface area contributed by atoms with E-state index in [4.69, 9.17) is 0 Å². The summed E-state index contributed by atoms with van der Waals surface area (Å²) in [6, 6.07) is 5.54. The fraction of sp³-hybridized carbons (Fsp3) is 0.444. The van der Waals surface area contributed by atoms with Crippen LogP contribution in [0.4, 0.5) is 5.13 Å². The second-order valence-corrected chi connectivity index (χ2v) is 8.93. The SMILES string of the molecule is Cc1nnc([C@H]2CCC[C@H](c3nnc(NC(=O)Cc4ccccn4)s3)C2)s1. The average Bonchev–Trinajstić information content (AvgIpc) is 3.32. The fourth-order valence-electron chi connectivity index (χ4n) is 3.40. The number of hydrogen-bond acceptors (Lipinski definition) is 8. The van der Waals surface area contributed by atoms with E-state index in [-0.39, 0.29) is 12.3 Å². The summed E-state index contributed by atoms with van der Waals surface area (Å²) in [5.41, 5.74) is 0.738. The molecule has 1 N–H and O–H groups in total. The molecule has 0 spiro atoms. The van der Waals surface area contributed by atoms with Gasteiger partial charge in [-0.1, -0.05) is 23.8 Å². The molecule has 27 heavy (non-hydrogen) atoms. The van der Waals surface area contributed by atoms with Crippen molar-refractivity contribution in [1.82, 2.24) is 25.4 Å². The predicted molar refractivity (Wildman–Crippen MR) is 105 cm³/mol. The summed E-state index contributed by atoms with van der Waals surface area (Å²) in [6.45, 7) is 1.99. The minimum Gasteiger partial charge on any atom is -0.300 e. The van der Waals surface area contributed by atoms with Crippen LogP contribution in [0.3, 0.4) is 0 Å². The molecule has 0 radical (unpaired) electrons. The first-order chi connectivity index (χ1) is 13.2. The van der Waals surface area contributed by atoms with E-state index in [2.05, 4.69) is 30.7 Å². The summed E-state index contributed by atoms with van der Waals surface area (Å²) >= 11 is 3.16. The van der Waals surface area contributed by atoms with E-state index < -0.39 is 0 Å². The molecule has 0 bridgehead atoms. The lowest BCUT2D eigenvalue weighted by atomic mass is 9.82. The van der Waals surface area contributed by atoms with Gasteiger partial charge in [0.25, 0.3) is 0 Å². The van der Waals surface area contributed by atoms with Gasteiger partial charge in [-0.15, -0.1) is 31.7 Å². The van der Waals surface area contributed by atoms with Gasteiger partial charge < -0.3 is 5.32 Å². The van der Waals surface area contributed by atoms with Gasteiger partial charge in [0, 0.05) is 23.7 Å². The number of pyridine rings is 1. The third kappa shape index (κ3) is 4.54. The van der Waals surface area contributed by atoms with Gasteiger partial charge in [0.15, 0.2) is 0 Å². The molecule has 4 rings (SSSR count). The van der Waals surface area contributed by atoms with Crippen LogP contribution in [-0.4, -0.2) is 31.3 Å². The largest absolute Gasteiger partial charge is 0.300 e. The zero-order valence-electron chi connectivity index (χ0n) is 15.0. The Bertz CT molecular complexity index is 909. The number of carbonyl (C=O) groups excluding carboxylic acids is 1. The van der Waals surface area contributed by atoms with Crippen LogP contribution in [0.15, 0.2) is 24.4 Å². The second kappa shape index (κ2) is 8.18. The molecule has 3 heterocycles. The summed E-state index contributed by atoms with van der Waals surface area (Å²) in [5, 5.41) is 23.5. The third-order valence-electron chi connectivity index (χ3n) is 4.67. The smallest absolute Gasteiger partial charge is 0.232 e. The van der Waals surface area contributed by atoms with Crippen LogP contribution in [0, 0.1) is 6.92 Å². The van der Waals surface area contributed by atoms with Crippen LogP contribution in [0.5, 0.6) is 0 Å². The number of nitrogens with zero attached hydrogens (tertiary/aromatic N) is 5. The second-order valence-electron chi connectivity index (χ2n) is 6.71. The van der Waals surface area contributed by atoms with Crippen molar-refractivity contribution in [3.63, 3.8) is 0 Å². The van der Waals surface area contributed by atoms with Crippen LogP contribution >= 0.6 is 22.7 Å². The molecule has 2 atom stereocenters. The Balaban J connectivity index is 1.37. The molecule has 0 unspecified atom stereocenters. The Labute approximate surface area is 165 Å². The zero-order chi connectivity index (χ0) is 18.6. The van der Waals surface area contributed by atoms with Gasteiger partial charge in [0.1, 0.15) is 15.0 Å². The Kier molecular flexibility index (Phi) is 5.49. The molecule has 1 aliphatic carbocycles. The van der Waals surface area contributed by atoms with E-state index >= 15 is 0 Å². The van der Waals surface area contributed by atoms with Crippen LogP contribution < -0.4 is 5.32 Å². The molecule has 140 valence electrons. The number of nitrogens with one attached hydrogen (secondary N) is 1. The van der Waals surface area contributed by atoms with Crippen molar-refractivity contribution in [2.45, 2.75) is 50.9 Å². The standard InChI is InChI=1S/C18H20N6OS2/c1-11-21-22-16(26-11)12-5-4-6-13(9-12)17-23-24-18(27-17)20-15(25)10-14-7-2-3-8-19-14/h2-3,7-8,12-13H,4-6,9-10H2,1H3,(H,20,24,25)/t12-,13-/m0/s1. The lowest BCUT2D eigenvalue weighted by molar-refractivity contribution is -0.115. The Morgan fingerprint density at radius 2 is 1.89 bits per heavy atom. The van der Waals surface area contributed by atoms with Gasteiger partial charge in [-0.3, -0.25) is 9.78 Å². The van der Waals surface area contributed by atoms with E-state index in [1.165, 1.54) is 11.3 Å². The molecule has 1 fully saturated rings. The monoisotopic (exact) mass is 400 g/mol. The lowest BCUT2D eigenvalue weighted by Crippen LogP contribution is -2.14. The predicted octanol–water partition coefficient (Wildman–Crippen LogP) is 3.72. The normalized spacial score (nSPS) is 19.7. The topological polar surface area (TPSA) is 93.5 Å². The third-order valence-corrected chi connectivity index (χ3v) is 6.67. The molecule has 3 aromatic rings. The van der Waals surface area contributed by atoms with Crippen LogP contribution in [-0.2, 0) is 11.2 Å². The van der Waals surface area contributed by atoms with Gasteiger partial charge >= 0.3 is 0 Å². The van der Waals surface area contributed by atoms with Gasteiger partial charge in [0.2, 0.25) is 11.0 Å². The molecule has 1 amide bonds. The highest BCUT2D eigenvalue weighted by molar-refractivity contribution is 7.15. The molecular formula is C18H20N6OS2. The number of anilines is 1. The molecule has 0 aliphatic heterocycles. The van der Waals surface area contributed by atoms with Crippen molar-refractivity contribution >= 4 is 33.7 Å². The van der Waals surface area contributed by atoms with Gasteiger partial charge in [-0.05, 0) is 38.3 Å². The molecule has 1 saturated carbocycles. The van der Waals surface area contributed by atoms with Crippen LogP contribution in [0.25, 0.3) is 0 Å². The first kappa shape index (κ1) is 18.1. The fourth-order valence-corrected chi connectivity index (χ4v) is 5.15. The number of hydrogen-bond donors (Lipinski definition) is 1. The van der Waals surface area contributed by atoms with E-state index in [9.17, 15) is 4.79 Å². The number of amides is 1. The number of carbonyl (C=O) groups is 1. The molecule has 3 aromatic heterocycles. The molecule has 0 aromatic carbocycles. The highest BCUT2D eigenvalue weighted by atomic mass is 32.1. The lowest BCUT2D eigenvalue weighted by Gasteiger charge is -2.25. The number of aromatic nitrogens is 5. The first-order valence-electron chi connectivity index (χ1n) is 9.00. The summed E-state index contributed by atoms with van der Waals surface area (Å²) < 4.78 is 0. The molecule has 9 heteroatoms. The van der Waals surface area contributed by atoms with Gasteiger partial charge in [-0.25, -0.2) is 0 Å². The number of aryl methyl sites for hydroxylation is 1. The Morgan fingerprint density at radius 3 is 2.59 bits per heavy atom. The van der Waals surface area contributed by atoms with Gasteiger partial charge in [-0.2, -0.15) is 0 Å². The average molecular weight is 401 g/mol. The van der Waals surface area contributed by atoms with Crippen LogP contribution in [0.2, 0.25) is 0 Å². The first-order valence-corrected chi connectivity index (χ1v) is 10.6. The van der Waals surface area contributed by atoms with E-state index in [0.717, 1.165) is 46.4 Å². The maximum Gasteiger partial charge on any atom is 0.232 e. The van der Waals surface area contributed by atoms with Crippen molar-refractivity contribution < 1.29 is 4.79 Å². The van der Waals surface area contributed by atoms with Crippen molar-refractivity contribution in [2.24, 2.45) is 0 Å². The summed E-state index contributed by atoms with van der Waals surface area (Å²) in [7, 11) is 0.